The van der Waals surface area contributed by atoms with Gasteiger partial charge >= 0.3 is 5.97 Å². The van der Waals surface area contributed by atoms with E-state index in [9.17, 15) is 4.79 Å². The molecule has 0 aliphatic rings. The summed E-state index contributed by atoms with van der Waals surface area (Å²) in [6, 6.07) is 7.38. The number of aliphatic carboxylic acids is 1. The quantitative estimate of drug-likeness (QED) is 0.724. The summed E-state index contributed by atoms with van der Waals surface area (Å²) in [7, 11) is 0. The minimum atomic E-state index is -0.888. The van der Waals surface area contributed by atoms with Crippen molar-refractivity contribution in [2.24, 2.45) is 0 Å². The normalized spacial score (nSPS) is 12.5. The van der Waals surface area contributed by atoms with Crippen LogP contribution < -0.4 is 0 Å². The second-order valence-electron chi connectivity index (χ2n) is 2.80. The Kier molecular flexibility index (Phi) is 2.48. The van der Waals surface area contributed by atoms with Gasteiger partial charge in [-0.05, 0) is 19.4 Å². The summed E-state index contributed by atoms with van der Waals surface area (Å²) >= 11 is 0. The number of hydrogen-bond acceptors (Lipinski definition) is 1. The molecule has 1 atom stereocenters. The Morgan fingerprint density at radius 2 is 2.25 bits per heavy atom. The van der Waals surface area contributed by atoms with Gasteiger partial charge in [-0.2, -0.15) is 0 Å². The van der Waals surface area contributed by atoms with E-state index in [0.29, 0.717) is 0 Å². The van der Waals surface area contributed by atoms with Crippen LogP contribution in [0.1, 0.15) is 17.0 Å². The molecule has 0 amide bonds. The molecule has 0 saturated heterocycles. The molecular formula is C10H11O2. The maximum absolute atomic E-state index is 10.5. The van der Waals surface area contributed by atoms with Gasteiger partial charge in [0.25, 0.3) is 0 Å². The molecule has 12 heavy (non-hydrogen) atoms. The van der Waals surface area contributed by atoms with Crippen LogP contribution in [0.3, 0.4) is 0 Å². The first kappa shape index (κ1) is 8.78. The van der Waals surface area contributed by atoms with Crippen molar-refractivity contribution in [3.05, 3.63) is 42.3 Å². The van der Waals surface area contributed by atoms with E-state index in [1.54, 1.807) is 6.07 Å². The van der Waals surface area contributed by atoms with Gasteiger partial charge in [-0.3, -0.25) is 4.79 Å². The lowest BCUT2D eigenvalue weighted by molar-refractivity contribution is -0.137. The molecule has 0 heterocycles. The number of rotatable bonds is 2. The summed E-state index contributed by atoms with van der Waals surface area (Å²) < 4.78 is 0. The van der Waals surface area contributed by atoms with Gasteiger partial charge in [-0.15, -0.1) is 0 Å². The van der Waals surface area contributed by atoms with Crippen molar-refractivity contribution in [3.8, 4) is 0 Å². The van der Waals surface area contributed by atoms with E-state index in [4.69, 9.17) is 5.11 Å². The van der Waals surface area contributed by atoms with Gasteiger partial charge in [0.1, 0.15) is 0 Å². The summed E-state index contributed by atoms with van der Waals surface area (Å²) in [5.41, 5.74) is 1.81. The van der Waals surface area contributed by atoms with Gasteiger partial charge in [0.15, 0.2) is 0 Å². The number of carboxylic acid groups (broad SMARTS) is 1. The summed E-state index contributed by atoms with van der Waals surface area (Å²) in [5, 5.41) is 8.66. The van der Waals surface area contributed by atoms with Gasteiger partial charge < -0.3 is 5.11 Å². The minimum Gasteiger partial charge on any atom is -0.481 e. The van der Waals surface area contributed by atoms with E-state index in [2.05, 4.69) is 6.92 Å². The van der Waals surface area contributed by atoms with Crippen LogP contribution in [0.15, 0.2) is 24.3 Å². The van der Waals surface area contributed by atoms with Gasteiger partial charge in [0.05, 0.1) is 5.92 Å². The zero-order chi connectivity index (χ0) is 9.14. The Morgan fingerprint density at radius 1 is 1.58 bits per heavy atom. The Labute approximate surface area is 71.8 Å². The average molecular weight is 163 g/mol. The Morgan fingerprint density at radius 3 is 2.75 bits per heavy atom. The van der Waals surface area contributed by atoms with E-state index in [1.165, 1.54) is 0 Å². The molecule has 1 aromatic carbocycles. The molecule has 1 unspecified atom stereocenters. The van der Waals surface area contributed by atoms with Crippen molar-refractivity contribution in [2.45, 2.75) is 12.8 Å². The van der Waals surface area contributed by atoms with Crippen LogP contribution in [0.25, 0.3) is 0 Å². The van der Waals surface area contributed by atoms with Crippen molar-refractivity contribution in [2.75, 3.05) is 0 Å². The molecule has 0 saturated carbocycles. The van der Waals surface area contributed by atoms with Crippen molar-refractivity contribution >= 4 is 5.97 Å². The molecular weight excluding hydrogens is 152 g/mol. The highest BCUT2D eigenvalue weighted by atomic mass is 16.4. The largest absolute Gasteiger partial charge is 0.481 e. The molecule has 0 aromatic heterocycles. The number of carbonyl (C=O) groups is 1. The van der Waals surface area contributed by atoms with Crippen LogP contribution in [0.5, 0.6) is 0 Å². The zero-order valence-corrected chi connectivity index (χ0v) is 6.95. The van der Waals surface area contributed by atoms with E-state index < -0.39 is 11.9 Å². The topological polar surface area (TPSA) is 37.3 Å². The molecule has 1 rings (SSSR count). The highest BCUT2D eigenvalue weighted by molar-refractivity contribution is 5.76. The third-order valence-corrected chi connectivity index (χ3v) is 1.74. The summed E-state index contributed by atoms with van der Waals surface area (Å²) in [5.74, 6) is -1.55. The molecule has 1 radical (unpaired) electrons. The molecule has 0 fully saturated rings. The first-order valence-corrected chi connectivity index (χ1v) is 3.73. The minimum absolute atomic E-state index is 0.662. The van der Waals surface area contributed by atoms with E-state index in [1.807, 2.05) is 25.1 Å². The molecule has 63 valence electrons. The third-order valence-electron chi connectivity index (χ3n) is 1.74. The fourth-order valence-corrected chi connectivity index (χ4v) is 1.03. The second-order valence-corrected chi connectivity index (χ2v) is 2.80. The fraction of sp³-hybridized carbons (Fsp3) is 0.200. The van der Waals surface area contributed by atoms with Crippen LogP contribution in [0.2, 0.25) is 0 Å². The molecule has 0 aliphatic carbocycles. The molecule has 2 nitrogen and oxygen atoms in total. The lowest BCUT2D eigenvalue weighted by atomic mass is 10.00. The van der Waals surface area contributed by atoms with Gasteiger partial charge in [-0.1, -0.05) is 29.8 Å². The highest BCUT2D eigenvalue weighted by Crippen LogP contribution is 2.15. The van der Waals surface area contributed by atoms with E-state index in [0.717, 1.165) is 11.1 Å². The first-order valence-electron chi connectivity index (χ1n) is 3.73. The predicted molar refractivity (Wildman–Crippen MR) is 46.9 cm³/mol. The molecule has 0 bridgehead atoms. The summed E-state index contributed by atoms with van der Waals surface area (Å²) in [6.45, 7) is 5.48. The number of aryl methyl sites for hydroxylation is 1. The maximum Gasteiger partial charge on any atom is 0.310 e. The molecule has 0 aliphatic heterocycles. The maximum atomic E-state index is 10.5. The standard InChI is InChI=1S/C10H11O2/c1-7-4-3-5-9(6-7)8(2)10(11)12/h3-6,8H,2H2,1H3,(H,11,12). The number of hydrogen-bond donors (Lipinski definition) is 1. The molecule has 1 N–H and O–H groups in total. The predicted octanol–water partition coefficient (Wildman–Crippen LogP) is 2.00. The Balaban J connectivity index is 2.95. The van der Waals surface area contributed by atoms with Crippen molar-refractivity contribution in [1.82, 2.24) is 0 Å². The van der Waals surface area contributed by atoms with E-state index in [-0.39, 0.29) is 0 Å². The molecule has 0 spiro atoms. The van der Waals surface area contributed by atoms with Gasteiger partial charge in [-0.25, -0.2) is 0 Å². The third kappa shape index (κ3) is 1.84. The summed E-state index contributed by atoms with van der Waals surface area (Å²) in [4.78, 5) is 10.5. The van der Waals surface area contributed by atoms with Crippen molar-refractivity contribution < 1.29 is 9.90 Å². The second kappa shape index (κ2) is 3.39. The summed E-state index contributed by atoms with van der Waals surface area (Å²) in [6.07, 6.45) is 0. The molecule has 1 aromatic rings. The van der Waals surface area contributed by atoms with Crippen molar-refractivity contribution in [3.63, 3.8) is 0 Å². The Bertz CT molecular complexity index is 292. The van der Waals surface area contributed by atoms with Crippen LogP contribution >= 0.6 is 0 Å². The lowest BCUT2D eigenvalue weighted by Gasteiger charge is -2.06. The van der Waals surface area contributed by atoms with Crippen LogP contribution in [0.4, 0.5) is 0 Å². The Hall–Kier alpha value is -1.31. The van der Waals surface area contributed by atoms with Crippen LogP contribution in [0, 0.1) is 13.8 Å². The fourth-order valence-electron chi connectivity index (χ4n) is 1.03. The molecule has 2 heteroatoms. The lowest BCUT2D eigenvalue weighted by Crippen LogP contribution is -2.07. The SMILES string of the molecule is [CH2]C(C(=O)O)c1cccc(C)c1. The van der Waals surface area contributed by atoms with Crippen LogP contribution in [-0.2, 0) is 4.79 Å². The first-order chi connectivity index (χ1) is 5.61. The smallest absolute Gasteiger partial charge is 0.310 e. The van der Waals surface area contributed by atoms with E-state index >= 15 is 0 Å². The number of carboxylic acids is 1. The highest BCUT2D eigenvalue weighted by Gasteiger charge is 2.12. The van der Waals surface area contributed by atoms with Gasteiger partial charge in [0.2, 0.25) is 0 Å². The van der Waals surface area contributed by atoms with Crippen molar-refractivity contribution in [1.29, 1.82) is 0 Å². The van der Waals surface area contributed by atoms with Gasteiger partial charge in [0, 0.05) is 0 Å². The average Bonchev–Trinajstić information content (AvgIpc) is 2.03. The monoisotopic (exact) mass is 163 g/mol. The zero-order valence-electron chi connectivity index (χ0n) is 6.95. The van der Waals surface area contributed by atoms with Crippen LogP contribution in [-0.4, -0.2) is 11.1 Å². The number of benzene rings is 1.